The molecule has 212 valence electrons. The van der Waals surface area contributed by atoms with Crippen molar-refractivity contribution in [3.05, 3.63) is 133 Å². The summed E-state index contributed by atoms with van der Waals surface area (Å²) in [5, 5.41) is 0. The van der Waals surface area contributed by atoms with Gasteiger partial charge in [-0.25, -0.2) is 0 Å². The largest absolute Gasteiger partial charge is 0.311 e. The normalized spacial score (nSPS) is 24.8. The van der Waals surface area contributed by atoms with E-state index in [2.05, 4.69) is 137 Å². The number of para-hydroxylation sites is 3. The maximum atomic E-state index is 2.46. The summed E-state index contributed by atoms with van der Waals surface area (Å²) in [5.74, 6) is 2.88. The van der Waals surface area contributed by atoms with Gasteiger partial charge in [0.1, 0.15) is 0 Å². The predicted molar refractivity (Wildman–Crippen MR) is 180 cm³/mol. The molecule has 5 aromatic carbocycles. The molecule has 3 heteroatoms. The van der Waals surface area contributed by atoms with Gasteiger partial charge in [-0.1, -0.05) is 66.4 Å². The second-order valence-corrected chi connectivity index (χ2v) is 14.4. The van der Waals surface area contributed by atoms with Gasteiger partial charge < -0.3 is 9.80 Å². The maximum Gasteiger partial charge on any atom is 0.0601 e. The third kappa shape index (κ3) is 4.32. The second-order valence-electron chi connectivity index (χ2n) is 13.3. The molecule has 10 rings (SSSR count). The van der Waals surface area contributed by atoms with E-state index in [-0.39, 0.29) is 0 Å². The molecule has 43 heavy (non-hydrogen) atoms. The SMILES string of the molecule is c1ccc(N(c2ccc(N3c4ccccc4Sc4ccccc43)cc2)c2ccc(C34CC5CC(CC(C5)C3)C4)cc2)cc1. The van der Waals surface area contributed by atoms with Crippen molar-refractivity contribution in [3.63, 3.8) is 0 Å². The fraction of sp³-hybridized carbons (Fsp3) is 0.250. The molecule has 5 aromatic rings. The number of anilines is 6. The predicted octanol–water partition coefficient (Wildman–Crippen LogP) is 11.6. The van der Waals surface area contributed by atoms with Gasteiger partial charge in [0.25, 0.3) is 0 Å². The lowest BCUT2D eigenvalue weighted by Gasteiger charge is -2.57. The van der Waals surface area contributed by atoms with Crippen LogP contribution in [0.4, 0.5) is 34.1 Å². The van der Waals surface area contributed by atoms with E-state index >= 15 is 0 Å². The molecule has 2 nitrogen and oxygen atoms in total. The molecule has 4 bridgehead atoms. The van der Waals surface area contributed by atoms with Crippen molar-refractivity contribution < 1.29 is 0 Å². The highest BCUT2D eigenvalue weighted by atomic mass is 32.2. The average Bonchev–Trinajstić information content (AvgIpc) is 3.04. The van der Waals surface area contributed by atoms with Gasteiger partial charge >= 0.3 is 0 Å². The summed E-state index contributed by atoms with van der Waals surface area (Å²) in [4.78, 5) is 7.38. The van der Waals surface area contributed by atoms with Crippen LogP contribution in [0.25, 0.3) is 0 Å². The lowest BCUT2D eigenvalue weighted by Crippen LogP contribution is -2.48. The van der Waals surface area contributed by atoms with Gasteiger partial charge in [-0.15, -0.1) is 0 Å². The van der Waals surface area contributed by atoms with Crippen LogP contribution in [0.15, 0.2) is 137 Å². The number of hydrogen-bond donors (Lipinski definition) is 0. The van der Waals surface area contributed by atoms with E-state index in [1.165, 1.54) is 82.4 Å². The van der Waals surface area contributed by atoms with E-state index in [0.29, 0.717) is 5.41 Å². The summed E-state index contributed by atoms with van der Waals surface area (Å²) in [7, 11) is 0. The highest BCUT2D eigenvalue weighted by Gasteiger charge is 2.51. The highest BCUT2D eigenvalue weighted by molar-refractivity contribution is 7.99. The van der Waals surface area contributed by atoms with Crippen molar-refractivity contribution in [3.8, 4) is 0 Å². The maximum absolute atomic E-state index is 2.46. The fourth-order valence-corrected chi connectivity index (χ4v) is 10.2. The molecule has 4 aliphatic carbocycles. The number of benzene rings is 5. The summed E-state index contributed by atoms with van der Waals surface area (Å²) < 4.78 is 0. The molecule has 0 saturated heterocycles. The van der Waals surface area contributed by atoms with E-state index in [1.807, 2.05) is 11.8 Å². The van der Waals surface area contributed by atoms with E-state index in [1.54, 1.807) is 5.56 Å². The van der Waals surface area contributed by atoms with E-state index < -0.39 is 0 Å². The molecule has 1 aliphatic heterocycles. The third-order valence-electron chi connectivity index (χ3n) is 10.6. The summed E-state index contributed by atoms with van der Waals surface area (Å²) in [5.41, 5.74) is 9.23. The van der Waals surface area contributed by atoms with Crippen LogP contribution >= 0.6 is 11.8 Å². The second kappa shape index (κ2) is 10.1. The molecular formula is C40H36N2S. The van der Waals surface area contributed by atoms with Crippen molar-refractivity contribution in [2.45, 2.75) is 53.7 Å². The molecule has 0 radical (unpaired) electrons. The van der Waals surface area contributed by atoms with Crippen LogP contribution in [0.3, 0.4) is 0 Å². The first kappa shape index (κ1) is 25.5. The van der Waals surface area contributed by atoms with Gasteiger partial charge in [0.05, 0.1) is 11.4 Å². The zero-order chi connectivity index (χ0) is 28.4. The Kier molecular flexibility index (Phi) is 5.98. The third-order valence-corrected chi connectivity index (χ3v) is 11.7. The van der Waals surface area contributed by atoms with Crippen LogP contribution in [-0.4, -0.2) is 0 Å². The van der Waals surface area contributed by atoms with Crippen LogP contribution < -0.4 is 9.80 Å². The first-order valence-corrected chi connectivity index (χ1v) is 16.8. The lowest BCUT2D eigenvalue weighted by atomic mass is 9.48. The minimum Gasteiger partial charge on any atom is -0.311 e. The number of fused-ring (bicyclic) bond motifs is 2. The zero-order valence-corrected chi connectivity index (χ0v) is 25.2. The van der Waals surface area contributed by atoms with Gasteiger partial charge in [-0.3, -0.25) is 0 Å². The molecule has 1 heterocycles. The molecule has 0 spiro atoms. The van der Waals surface area contributed by atoms with Crippen LogP contribution in [0.1, 0.15) is 44.1 Å². The Morgan fingerprint density at radius 3 is 1.53 bits per heavy atom. The molecule has 0 aromatic heterocycles. The van der Waals surface area contributed by atoms with E-state index in [0.717, 1.165) is 17.8 Å². The monoisotopic (exact) mass is 576 g/mol. The Morgan fingerprint density at radius 1 is 0.512 bits per heavy atom. The van der Waals surface area contributed by atoms with Crippen molar-refractivity contribution in [2.75, 3.05) is 9.80 Å². The highest BCUT2D eigenvalue weighted by Crippen LogP contribution is 2.61. The zero-order valence-electron chi connectivity index (χ0n) is 24.4. The summed E-state index contributed by atoms with van der Waals surface area (Å²) in [6, 6.07) is 47.1. The molecule has 0 unspecified atom stereocenters. The van der Waals surface area contributed by atoms with Gasteiger partial charge in [0.15, 0.2) is 0 Å². The van der Waals surface area contributed by atoms with Crippen molar-refractivity contribution >= 4 is 45.9 Å². The molecule has 0 atom stereocenters. The summed E-state index contributed by atoms with van der Waals surface area (Å²) in [6.45, 7) is 0. The lowest BCUT2D eigenvalue weighted by molar-refractivity contribution is -0.00518. The van der Waals surface area contributed by atoms with Gasteiger partial charge in [-0.2, -0.15) is 0 Å². The topological polar surface area (TPSA) is 6.48 Å². The van der Waals surface area contributed by atoms with Gasteiger partial charge in [-0.05, 0) is 140 Å². The van der Waals surface area contributed by atoms with Crippen LogP contribution in [-0.2, 0) is 5.41 Å². The van der Waals surface area contributed by atoms with Crippen molar-refractivity contribution in [2.24, 2.45) is 17.8 Å². The van der Waals surface area contributed by atoms with Crippen LogP contribution in [0.2, 0.25) is 0 Å². The first-order valence-electron chi connectivity index (χ1n) is 15.9. The molecular weight excluding hydrogens is 541 g/mol. The van der Waals surface area contributed by atoms with Crippen LogP contribution in [0, 0.1) is 17.8 Å². The smallest absolute Gasteiger partial charge is 0.0601 e. The molecule has 4 saturated carbocycles. The number of rotatable bonds is 5. The Hall–Kier alpha value is -3.95. The molecule has 5 aliphatic rings. The molecule has 0 amide bonds. The number of hydrogen-bond acceptors (Lipinski definition) is 3. The van der Waals surface area contributed by atoms with Gasteiger partial charge in [0.2, 0.25) is 0 Å². The summed E-state index contributed by atoms with van der Waals surface area (Å²) in [6.07, 6.45) is 8.68. The van der Waals surface area contributed by atoms with Gasteiger partial charge in [0, 0.05) is 32.5 Å². The number of nitrogens with zero attached hydrogens (tertiary/aromatic N) is 2. The standard InChI is InChI=1S/C40H36N2S/c1-2-8-32(9-3-1)41(33-16-14-31(15-17-33)40-25-28-22-29(26-40)24-30(23-28)27-40)34-18-20-35(21-19-34)42-36-10-4-6-12-38(36)43-39-13-7-5-11-37(39)42/h1-21,28-30H,22-27H2. The Labute approximate surface area is 259 Å². The minimum absolute atomic E-state index is 0.422. The molecule has 4 fully saturated rings. The first-order chi connectivity index (χ1) is 21.2. The Morgan fingerprint density at radius 2 is 0.977 bits per heavy atom. The minimum atomic E-state index is 0.422. The average molecular weight is 577 g/mol. The molecule has 0 N–H and O–H groups in total. The quantitative estimate of drug-likeness (QED) is 0.202. The van der Waals surface area contributed by atoms with Crippen molar-refractivity contribution in [1.29, 1.82) is 0 Å². The Balaban J connectivity index is 1.08. The van der Waals surface area contributed by atoms with Crippen LogP contribution in [0.5, 0.6) is 0 Å². The summed E-state index contributed by atoms with van der Waals surface area (Å²) >= 11 is 1.85. The van der Waals surface area contributed by atoms with E-state index in [9.17, 15) is 0 Å². The van der Waals surface area contributed by atoms with E-state index in [4.69, 9.17) is 0 Å². The van der Waals surface area contributed by atoms with Crippen molar-refractivity contribution in [1.82, 2.24) is 0 Å². The Bertz CT molecular complexity index is 1700. The fourth-order valence-electron chi connectivity index (χ4n) is 9.19.